The summed E-state index contributed by atoms with van der Waals surface area (Å²) in [7, 11) is 0. The van der Waals surface area contributed by atoms with Crippen molar-refractivity contribution in [2.75, 3.05) is 6.54 Å². The van der Waals surface area contributed by atoms with Crippen LogP contribution in [0.25, 0.3) is 21.6 Å². The van der Waals surface area contributed by atoms with Crippen molar-refractivity contribution < 1.29 is 9.59 Å². The van der Waals surface area contributed by atoms with Crippen LogP contribution in [0.15, 0.2) is 61.2 Å². The van der Waals surface area contributed by atoms with Gasteiger partial charge in [0.05, 0.1) is 6.04 Å². The summed E-state index contributed by atoms with van der Waals surface area (Å²) in [6.45, 7) is 4.43. The average molecular weight is 501 g/mol. The van der Waals surface area contributed by atoms with Gasteiger partial charge in [0.15, 0.2) is 0 Å². The average Bonchev–Trinajstić information content (AvgIpc) is 3.59. The van der Waals surface area contributed by atoms with Crippen LogP contribution < -0.4 is 5.32 Å². The lowest BCUT2D eigenvalue weighted by Gasteiger charge is -2.29. The van der Waals surface area contributed by atoms with Crippen LogP contribution in [0.1, 0.15) is 55.8 Å². The number of nitrogens with zero attached hydrogens (tertiary/aromatic N) is 5. The second-order valence-corrected chi connectivity index (χ2v) is 10.0. The SMILES string of the molecule is CC[C@@H](C)C(=O)N[C@H](C(=O)N1CCCC1c1nc2c(-c3ccccc3)ncnc2s1)c1cccnc1. The molecule has 184 valence electrons. The highest BCUT2D eigenvalue weighted by Gasteiger charge is 2.37. The Balaban J connectivity index is 1.47. The zero-order chi connectivity index (χ0) is 25.1. The molecule has 8 nitrogen and oxygen atoms in total. The number of aromatic nitrogens is 4. The van der Waals surface area contributed by atoms with E-state index in [0.717, 1.165) is 39.5 Å². The van der Waals surface area contributed by atoms with E-state index in [1.54, 1.807) is 24.8 Å². The molecule has 1 fully saturated rings. The molecule has 0 spiro atoms. The number of fused-ring (bicyclic) bond motifs is 1. The number of carbonyl (C=O) groups excluding carboxylic acids is 2. The minimum absolute atomic E-state index is 0.141. The van der Waals surface area contributed by atoms with Crippen LogP contribution >= 0.6 is 11.3 Å². The first-order chi connectivity index (χ1) is 17.6. The Morgan fingerprint density at radius 1 is 1.17 bits per heavy atom. The largest absolute Gasteiger partial charge is 0.340 e. The summed E-state index contributed by atoms with van der Waals surface area (Å²) in [6.07, 6.45) is 7.23. The lowest BCUT2D eigenvalue weighted by atomic mass is 10.0. The van der Waals surface area contributed by atoms with E-state index in [2.05, 4.69) is 20.3 Å². The molecule has 1 saturated heterocycles. The smallest absolute Gasteiger partial charge is 0.250 e. The van der Waals surface area contributed by atoms with Gasteiger partial charge >= 0.3 is 0 Å². The summed E-state index contributed by atoms with van der Waals surface area (Å²) in [5, 5.41) is 3.82. The number of hydrogen-bond acceptors (Lipinski definition) is 7. The molecule has 0 bridgehead atoms. The number of amides is 2. The van der Waals surface area contributed by atoms with Crippen molar-refractivity contribution in [3.8, 4) is 11.3 Å². The predicted molar refractivity (Wildman–Crippen MR) is 139 cm³/mol. The molecular weight excluding hydrogens is 472 g/mol. The Bertz CT molecular complexity index is 1360. The molecule has 1 aliphatic rings. The Morgan fingerprint density at radius 2 is 2.00 bits per heavy atom. The van der Waals surface area contributed by atoms with Crippen LogP contribution in [-0.4, -0.2) is 43.2 Å². The summed E-state index contributed by atoms with van der Waals surface area (Å²) in [6, 6.07) is 12.6. The molecular formula is C27H28N6O2S. The fourth-order valence-corrected chi connectivity index (χ4v) is 5.53. The Kier molecular flexibility index (Phi) is 6.99. The maximum Gasteiger partial charge on any atom is 0.250 e. The highest BCUT2D eigenvalue weighted by atomic mass is 32.1. The fourth-order valence-electron chi connectivity index (χ4n) is 4.48. The fraction of sp³-hybridized carbons (Fsp3) is 0.333. The van der Waals surface area contributed by atoms with Crippen LogP contribution in [0.4, 0.5) is 0 Å². The summed E-state index contributed by atoms with van der Waals surface area (Å²) >= 11 is 1.50. The molecule has 9 heteroatoms. The van der Waals surface area contributed by atoms with E-state index in [4.69, 9.17) is 4.98 Å². The van der Waals surface area contributed by atoms with E-state index in [0.29, 0.717) is 18.5 Å². The third-order valence-electron chi connectivity index (χ3n) is 6.69. The van der Waals surface area contributed by atoms with Crippen molar-refractivity contribution in [3.63, 3.8) is 0 Å². The number of benzene rings is 1. The lowest BCUT2D eigenvalue weighted by Crippen LogP contribution is -2.44. The first-order valence-corrected chi connectivity index (χ1v) is 13.1. The van der Waals surface area contributed by atoms with Gasteiger partial charge in [-0.25, -0.2) is 15.0 Å². The normalized spacial score (nSPS) is 17.2. The molecule has 3 atom stereocenters. The summed E-state index contributed by atoms with van der Waals surface area (Å²) < 4.78 is 0. The molecule has 4 aromatic rings. The predicted octanol–water partition coefficient (Wildman–Crippen LogP) is 4.72. The maximum atomic E-state index is 13.9. The van der Waals surface area contributed by atoms with E-state index in [1.807, 2.05) is 55.1 Å². The lowest BCUT2D eigenvalue weighted by molar-refractivity contribution is -0.138. The van der Waals surface area contributed by atoms with Gasteiger partial charge in [-0.1, -0.05) is 61.6 Å². The number of hydrogen-bond donors (Lipinski definition) is 1. The molecule has 1 aliphatic heterocycles. The Labute approximate surface area is 213 Å². The van der Waals surface area contributed by atoms with Crippen molar-refractivity contribution in [1.82, 2.24) is 30.2 Å². The summed E-state index contributed by atoms with van der Waals surface area (Å²) in [5.41, 5.74) is 3.18. The second kappa shape index (κ2) is 10.5. The monoisotopic (exact) mass is 500 g/mol. The Morgan fingerprint density at radius 3 is 2.75 bits per heavy atom. The van der Waals surface area contributed by atoms with E-state index >= 15 is 0 Å². The zero-order valence-corrected chi connectivity index (χ0v) is 21.1. The van der Waals surface area contributed by atoms with E-state index < -0.39 is 6.04 Å². The first-order valence-electron chi connectivity index (χ1n) is 12.2. The topological polar surface area (TPSA) is 101 Å². The van der Waals surface area contributed by atoms with Crippen LogP contribution in [0.2, 0.25) is 0 Å². The number of rotatable bonds is 7. The van der Waals surface area contributed by atoms with Gasteiger partial charge < -0.3 is 10.2 Å². The van der Waals surface area contributed by atoms with Crippen molar-refractivity contribution in [2.45, 2.75) is 45.2 Å². The molecule has 1 aromatic carbocycles. The maximum absolute atomic E-state index is 13.9. The van der Waals surface area contributed by atoms with Crippen molar-refractivity contribution >= 4 is 33.5 Å². The molecule has 0 saturated carbocycles. The highest BCUT2D eigenvalue weighted by Crippen LogP contribution is 2.39. The van der Waals surface area contributed by atoms with Gasteiger partial charge in [-0.05, 0) is 25.3 Å². The van der Waals surface area contributed by atoms with Gasteiger partial charge in [-0.15, -0.1) is 0 Å². The summed E-state index contributed by atoms with van der Waals surface area (Å²) in [5.74, 6) is -0.473. The third-order valence-corrected chi connectivity index (χ3v) is 7.76. The highest BCUT2D eigenvalue weighted by molar-refractivity contribution is 7.18. The first kappa shape index (κ1) is 24.0. The minimum atomic E-state index is -0.796. The number of nitrogens with one attached hydrogen (secondary N) is 1. The van der Waals surface area contributed by atoms with Crippen LogP contribution in [-0.2, 0) is 9.59 Å². The molecule has 0 radical (unpaired) electrons. The van der Waals surface area contributed by atoms with Gasteiger partial charge in [0.2, 0.25) is 11.8 Å². The van der Waals surface area contributed by atoms with Crippen molar-refractivity contribution in [2.24, 2.45) is 5.92 Å². The molecule has 5 rings (SSSR count). The van der Waals surface area contributed by atoms with Crippen molar-refractivity contribution in [3.05, 3.63) is 71.8 Å². The van der Waals surface area contributed by atoms with E-state index in [9.17, 15) is 9.59 Å². The van der Waals surface area contributed by atoms with Gasteiger partial charge in [-0.2, -0.15) is 0 Å². The van der Waals surface area contributed by atoms with Gasteiger partial charge in [0.25, 0.3) is 0 Å². The van der Waals surface area contributed by atoms with Crippen LogP contribution in [0.5, 0.6) is 0 Å². The van der Waals surface area contributed by atoms with E-state index in [1.165, 1.54) is 11.3 Å². The molecule has 1 unspecified atom stereocenters. The second-order valence-electron chi connectivity index (χ2n) is 9.02. The zero-order valence-electron chi connectivity index (χ0n) is 20.3. The number of thiazole rings is 1. The summed E-state index contributed by atoms with van der Waals surface area (Å²) in [4.78, 5) is 47.4. The van der Waals surface area contributed by atoms with Gasteiger partial charge in [0, 0.05) is 36.0 Å². The molecule has 2 amide bonds. The van der Waals surface area contributed by atoms with Gasteiger partial charge in [-0.3, -0.25) is 14.6 Å². The molecule has 0 aliphatic carbocycles. The minimum Gasteiger partial charge on any atom is -0.340 e. The third kappa shape index (κ3) is 4.70. The quantitative estimate of drug-likeness (QED) is 0.394. The molecule has 1 N–H and O–H groups in total. The standard InChI is InChI=1S/C27H28N6O2S/c1-3-17(2)24(34)31-22(19-11-7-13-28-15-19)27(35)33-14-8-12-20(33)25-32-23-21(18-9-5-4-6-10-18)29-16-30-26(23)36-25/h4-7,9-11,13,15-17,20,22H,3,8,12,14H2,1-2H3,(H,31,34)/t17-,20?,22+/m1/s1. The molecule has 36 heavy (non-hydrogen) atoms. The number of pyridine rings is 1. The Hall–Kier alpha value is -3.72. The van der Waals surface area contributed by atoms with Crippen LogP contribution in [0, 0.1) is 5.92 Å². The van der Waals surface area contributed by atoms with Gasteiger partial charge in [0.1, 0.15) is 33.4 Å². The van der Waals surface area contributed by atoms with Crippen molar-refractivity contribution in [1.29, 1.82) is 0 Å². The van der Waals surface area contributed by atoms with E-state index in [-0.39, 0.29) is 23.8 Å². The molecule has 4 heterocycles. The number of likely N-dealkylation sites (tertiary alicyclic amines) is 1. The van der Waals surface area contributed by atoms with Crippen LogP contribution in [0.3, 0.4) is 0 Å². The number of carbonyl (C=O) groups is 2. The molecule has 3 aromatic heterocycles.